The smallest absolute Gasteiger partial charge is 0.191 e. The number of nitrogens with one attached hydrogen (secondary N) is 2. The van der Waals surface area contributed by atoms with E-state index < -0.39 is 0 Å². The molecule has 0 aliphatic rings. The molecule has 1 aromatic heterocycles. The summed E-state index contributed by atoms with van der Waals surface area (Å²) in [7, 11) is 3.73. The van der Waals surface area contributed by atoms with E-state index in [9.17, 15) is 4.39 Å². The van der Waals surface area contributed by atoms with Gasteiger partial charge in [-0.3, -0.25) is 9.67 Å². The summed E-state index contributed by atoms with van der Waals surface area (Å²) in [6.45, 7) is 7.00. The summed E-state index contributed by atoms with van der Waals surface area (Å²) in [5, 5.41) is 11.2. The third kappa shape index (κ3) is 6.06. The maximum Gasteiger partial charge on any atom is 0.191 e. The van der Waals surface area contributed by atoms with Crippen molar-refractivity contribution < 1.29 is 4.39 Å². The van der Waals surface area contributed by atoms with Gasteiger partial charge in [0.2, 0.25) is 0 Å². The Kier molecular flexibility index (Phi) is 7.83. The van der Waals surface area contributed by atoms with Crippen LogP contribution < -0.4 is 10.6 Å². The summed E-state index contributed by atoms with van der Waals surface area (Å²) in [6.07, 6.45) is 2.40. The molecule has 0 radical (unpaired) electrons. The van der Waals surface area contributed by atoms with Crippen molar-refractivity contribution >= 4 is 21.9 Å². The van der Waals surface area contributed by atoms with Crippen LogP contribution in [-0.2, 0) is 19.9 Å². The molecule has 0 amide bonds. The van der Waals surface area contributed by atoms with Gasteiger partial charge in [-0.25, -0.2) is 4.39 Å². The molecule has 0 aliphatic heterocycles. The maximum absolute atomic E-state index is 13.9. The number of hydrogen-bond acceptors (Lipinski definition) is 2. The van der Waals surface area contributed by atoms with Crippen LogP contribution in [0.25, 0.3) is 0 Å². The zero-order valence-corrected chi connectivity index (χ0v) is 18.3. The van der Waals surface area contributed by atoms with Crippen molar-refractivity contribution in [3.63, 3.8) is 0 Å². The van der Waals surface area contributed by atoms with Crippen molar-refractivity contribution in [3.8, 4) is 0 Å². The predicted octanol–water partition coefficient (Wildman–Crippen LogP) is 3.67. The quantitative estimate of drug-likeness (QED) is 0.394. The monoisotopic (exact) mass is 437 g/mol. The lowest BCUT2D eigenvalue weighted by molar-refractivity contribution is 0.599. The van der Waals surface area contributed by atoms with Gasteiger partial charge in [-0.2, -0.15) is 5.10 Å². The van der Waals surface area contributed by atoms with Crippen LogP contribution in [0.1, 0.15) is 35.9 Å². The van der Waals surface area contributed by atoms with Crippen molar-refractivity contribution in [2.45, 2.75) is 46.1 Å². The number of guanidine groups is 1. The molecule has 0 saturated heterocycles. The minimum Gasteiger partial charge on any atom is -0.356 e. The van der Waals surface area contributed by atoms with E-state index in [2.05, 4.69) is 50.5 Å². The molecule has 2 N–H and O–H groups in total. The van der Waals surface area contributed by atoms with Gasteiger partial charge in [0.1, 0.15) is 5.82 Å². The molecule has 1 atom stereocenters. The molecule has 0 bridgehead atoms. The van der Waals surface area contributed by atoms with Crippen LogP contribution in [0.2, 0.25) is 0 Å². The van der Waals surface area contributed by atoms with Crippen LogP contribution in [0, 0.1) is 19.7 Å². The van der Waals surface area contributed by atoms with Gasteiger partial charge in [-0.15, -0.1) is 0 Å². The van der Waals surface area contributed by atoms with Crippen molar-refractivity contribution in [2.24, 2.45) is 12.0 Å². The van der Waals surface area contributed by atoms with E-state index in [4.69, 9.17) is 0 Å². The van der Waals surface area contributed by atoms with Gasteiger partial charge >= 0.3 is 0 Å². The first-order chi connectivity index (χ1) is 12.8. The first-order valence-corrected chi connectivity index (χ1v) is 10.0. The zero-order valence-electron chi connectivity index (χ0n) is 16.7. The number of halogens is 2. The lowest BCUT2D eigenvalue weighted by Crippen LogP contribution is -2.43. The van der Waals surface area contributed by atoms with Gasteiger partial charge in [0.25, 0.3) is 0 Å². The highest BCUT2D eigenvalue weighted by molar-refractivity contribution is 9.10. The van der Waals surface area contributed by atoms with Crippen LogP contribution in [-0.4, -0.2) is 35.4 Å². The second-order valence-electron chi connectivity index (χ2n) is 6.86. The fraction of sp³-hybridized carbons (Fsp3) is 0.500. The Morgan fingerprint density at radius 3 is 2.70 bits per heavy atom. The minimum absolute atomic E-state index is 0.164. The Hall–Kier alpha value is -1.89. The molecule has 1 aromatic carbocycles. The summed E-state index contributed by atoms with van der Waals surface area (Å²) in [4.78, 5) is 4.29. The third-order valence-electron chi connectivity index (χ3n) is 4.71. The lowest BCUT2D eigenvalue weighted by atomic mass is 10.1. The van der Waals surface area contributed by atoms with Crippen LogP contribution in [0.4, 0.5) is 4.39 Å². The molecular formula is C20H29BrFN5. The summed E-state index contributed by atoms with van der Waals surface area (Å²) in [5.41, 5.74) is 4.28. The molecule has 2 aromatic rings. The number of benzene rings is 1. The topological polar surface area (TPSA) is 54.2 Å². The Bertz CT molecular complexity index is 800. The van der Waals surface area contributed by atoms with Gasteiger partial charge < -0.3 is 10.6 Å². The SMILES string of the molecule is CN=C(NCCCc1ccc(Br)cc1F)NC(C)Cc1c(C)nn(C)c1C. The molecule has 1 unspecified atom stereocenters. The fourth-order valence-electron chi connectivity index (χ4n) is 3.11. The molecule has 0 spiro atoms. The number of nitrogens with zero attached hydrogens (tertiary/aromatic N) is 3. The minimum atomic E-state index is -0.164. The van der Waals surface area contributed by atoms with E-state index >= 15 is 0 Å². The van der Waals surface area contributed by atoms with E-state index in [-0.39, 0.29) is 11.9 Å². The van der Waals surface area contributed by atoms with E-state index in [1.807, 2.05) is 30.8 Å². The van der Waals surface area contributed by atoms with Crippen molar-refractivity contribution in [3.05, 3.63) is 51.0 Å². The average Bonchev–Trinajstić information content (AvgIpc) is 2.85. The average molecular weight is 438 g/mol. The molecule has 2 rings (SSSR count). The molecule has 27 heavy (non-hydrogen) atoms. The van der Waals surface area contributed by atoms with Gasteiger partial charge in [0, 0.05) is 36.8 Å². The van der Waals surface area contributed by atoms with E-state index in [1.54, 1.807) is 7.05 Å². The van der Waals surface area contributed by atoms with Gasteiger partial charge in [-0.05, 0) is 63.3 Å². The standard InChI is InChI=1S/C20H29BrFN5/c1-13(11-18-14(2)26-27(5)15(18)3)25-20(23-4)24-10-6-7-16-8-9-17(21)12-19(16)22/h8-9,12-13H,6-7,10-11H2,1-5H3,(H2,23,24,25). The first kappa shape index (κ1) is 21.4. The van der Waals surface area contributed by atoms with Crippen LogP contribution in [0.15, 0.2) is 27.7 Å². The highest BCUT2D eigenvalue weighted by Gasteiger charge is 2.14. The summed E-state index contributed by atoms with van der Waals surface area (Å²) in [5.74, 6) is 0.598. The van der Waals surface area contributed by atoms with Crippen LogP contribution >= 0.6 is 15.9 Å². The highest BCUT2D eigenvalue weighted by atomic mass is 79.9. The van der Waals surface area contributed by atoms with E-state index in [1.165, 1.54) is 17.3 Å². The van der Waals surface area contributed by atoms with Gasteiger partial charge in [0.05, 0.1) is 5.69 Å². The van der Waals surface area contributed by atoms with Gasteiger partial charge in [-0.1, -0.05) is 22.0 Å². The molecule has 0 saturated carbocycles. The summed E-state index contributed by atoms with van der Waals surface area (Å²) >= 11 is 3.28. The molecule has 0 aliphatic carbocycles. The number of rotatable bonds is 7. The Morgan fingerprint density at radius 2 is 2.11 bits per heavy atom. The predicted molar refractivity (Wildman–Crippen MR) is 113 cm³/mol. The normalized spacial score (nSPS) is 12.9. The Morgan fingerprint density at radius 1 is 1.37 bits per heavy atom. The van der Waals surface area contributed by atoms with E-state index in [0.29, 0.717) is 6.42 Å². The number of aliphatic imine (C=N–C) groups is 1. The molecule has 0 fully saturated rings. The van der Waals surface area contributed by atoms with Crippen molar-refractivity contribution in [2.75, 3.05) is 13.6 Å². The lowest BCUT2D eigenvalue weighted by Gasteiger charge is -2.18. The first-order valence-electron chi connectivity index (χ1n) is 9.22. The molecule has 148 valence electrons. The molecule has 1 heterocycles. The third-order valence-corrected chi connectivity index (χ3v) is 5.20. The van der Waals surface area contributed by atoms with Crippen molar-refractivity contribution in [1.82, 2.24) is 20.4 Å². The zero-order chi connectivity index (χ0) is 20.0. The summed E-state index contributed by atoms with van der Waals surface area (Å²) < 4.78 is 16.5. The Labute approximate surface area is 169 Å². The van der Waals surface area contributed by atoms with Gasteiger partial charge in [0.15, 0.2) is 5.96 Å². The van der Waals surface area contributed by atoms with E-state index in [0.717, 1.165) is 41.1 Å². The highest BCUT2D eigenvalue weighted by Crippen LogP contribution is 2.16. The number of aryl methyl sites for hydroxylation is 3. The van der Waals surface area contributed by atoms with Crippen molar-refractivity contribution in [1.29, 1.82) is 0 Å². The Balaban J connectivity index is 1.79. The largest absolute Gasteiger partial charge is 0.356 e. The molecule has 7 heteroatoms. The molecular weight excluding hydrogens is 409 g/mol. The van der Waals surface area contributed by atoms with Crippen LogP contribution in [0.3, 0.4) is 0 Å². The fourth-order valence-corrected chi connectivity index (χ4v) is 3.44. The second kappa shape index (κ2) is 9.88. The second-order valence-corrected chi connectivity index (χ2v) is 7.78. The number of aromatic nitrogens is 2. The summed E-state index contributed by atoms with van der Waals surface area (Å²) in [6, 6.07) is 5.43. The maximum atomic E-state index is 13.9. The van der Waals surface area contributed by atoms with Crippen LogP contribution in [0.5, 0.6) is 0 Å². The number of hydrogen-bond donors (Lipinski definition) is 2. The molecule has 5 nitrogen and oxygen atoms in total.